The molecule has 0 bridgehead atoms. The topological polar surface area (TPSA) is 77.9 Å². The first-order valence-electron chi connectivity index (χ1n) is 8.83. The monoisotopic (exact) mass is 364 g/mol. The summed E-state index contributed by atoms with van der Waals surface area (Å²) < 4.78 is 13.0. The highest BCUT2D eigenvalue weighted by Gasteiger charge is 2.32. The first-order chi connectivity index (χ1) is 12.3. The van der Waals surface area contributed by atoms with Crippen molar-refractivity contribution in [3.05, 3.63) is 35.6 Å². The van der Waals surface area contributed by atoms with Crippen LogP contribution in [0.3, 0.4) is 0 Å². The molecule has 26 heavy (non-hydrogen) atoms. The van der Waals surface area contributed by atoms with E-state index < -0.39 is 17.7 Å². The summed E-state index contributed by atoms with van der Waals surface area (Å²) in [6.07, 6.45) is 1.30. The minimum atomic E-state index is -1.05. The van der Waals surface area contributed by atoms with Crippen molar-refractivity contribution in [2.24, 2.45) is 11.8 Å². The molecule has 2 amide bonds. The smallest absolute Gasteiger partial charge is 0.323 e. The van der Waals surface area contributed by atoms with Crippen molar-refractivity contribution in [3.63, 3.8) is 0 Å². The summed E-state index contributed by atoms with van der Waals surface area (Å²) in [5.41, 5.74) is 0.379. The number of aliphatic carboxylic acids is 1. The SMILES string of the molecule is CC(C)CN(CC(=O)O)C(=O)C1CCCN(C(=O)c2ccc(F)cc2)C1. The van der Waals surface area contributed by atoms with Crippen LogP contribution in [0.1, 0.15) is 37.0 Å². The van der Waals surface area contributed by atoms with Gasteiger partial charge in [0.2, 0.25) is 5.91 Å². The van der Waals surface area contributed by atoms with Crippen LogP contribution in [0.15, 0.2) is 24.3 Å². The largest absolute Gasteiger partial charge is 0.480 e. The maximum Gasteiger partial charge on any atom is 0.323 e. The molecule has 1 aliphatic heterocycles. The lowest BCUT2D eigenvalue weighted by Crippen LogP contribution is -2.48. The van der Waals surface area contributed by atoms with Crippen LogP contribution >= 0.6 is 0 Å². The summed E-state index contributed by atoms with van der Waals surface area (Å²) in [7, 11) is 0. The summed E-state index contributed by atoms with van der Waals surface area (Å²) in [4.78, 5) is 39.4. The number of carbonyl (C=O) groups is 3. The Morgan fingerprint density at radius 1 is 1.27 bits per heavy atom. The van der Waals surface area contributed by atoms with Gasteiger partial charge in [0.05, 0.1) is 5.92 Å². The number of hydrogen-bond acceptors (Lipinski definition) is 3. The number of hydrogen-bond donors (Lipinski definition) is 1. The Bertz CT molecular complexity index is 660. The van der Waals surface area contributed by atoms with E-state index in [4.69, 9.17) is 5.11 Å². The average Bonchev–Trinajstić information content (AvgIpc) is 2.60. The van der Waals surface area contributed by atoms with Crippen molar-refractivity contribution < 1.29 is 23.9 Å². The summed E-state index contributed by atoms with van der Waals surface area (Å²) in [5.74, 6) is -2.18. The van der Waals surface area contributed by atoms with Crippen LogP contribution in [0, 0.1) is 17.7 Å². The molecule has 0 radical (unpaired) electrons. The van der Waals surface area contributed by atoms with Gasteiger partial charge in [-0.2, -0.15) is 0 Å². The van der Waals surface area contributed by atoms with Gasteiger partial charge in [-0.1, -0.05) is 13.8 Å². The number of amides is 2. The molecule has 1 aromatic carbocycles. The fourth-order valence-corrected chi connectivity index (χ4v) is 3.23. The molecule has 1 N–H and O–H groups in total. The lowest BCUT2D eigenvalue weighted by Gasteiger charge is -2.35. The van der Waals surface area contributed by atoms with E-state index in [0.29, 0.717) is 31.5 Å². The third-order valence-electron chi connectivity index (χ3n) is 4.37. The van der Waals surface area contributed by atoms with Crippen LogP contribution in [0.2, 0.25) is 0 Å². The number of carboxylic acid groups (broad SMARTS) is 1. The van der Waals surface area contributed by atoms with Crippen molar-refractivity contribution in [1.82, 2.24) is 9.80 Å². The summed E-state index contributed by atoms with van der Waals surface area (Å²) in [5, 5.41) is 9.07. The maximum absolute atomic E-state index is 13.0. The molecule has 0 spiro atoms. The first kappa shape index (κ1) is 19.9. The summed E-state index contributed by atoms with van der Waals surface area (Å²) >= 11 is 0. The van der Waals surface area contributed by atoms with Crippen LogP contribution in [0.5, 0.6) is 0 Å². The third kappa shape index (κ3) is 5.28. The maximum atomic E-state index is 13.0. The van der Waals surface area contributed by atoms with Crippen molar-refractivity contribution in [2.75, 3.05) is 26.2 Å². The van der Waals surface area contributed by atoms with Gasteiger partial charge in [0.15, 0.2) is 0 Å². The summed E-state index contributed by atoms with van der Waals surface area (Å²) in [6.45, 7) is 4.67. The molecular weight excluding hydrogens is 339 g/mol. The normalized spacial score (nSPS) is 17.2. The number of carboxylic acids is 1. The van der Waals surface area contributed by atoms with Gasteiger partial charge in [0.1, 0.15) is 12.4 Å². The van der Waals surface area contributed by atoms with E-state index in [0.717, 1.165) is 0 Å². The molecule has 0 aliphatic carbocycles. The van der Waals surface area contributed by atoms with Crippen LogP contribution in [0.25, 0.3) is 0 Å². The van der Waals surface area contributed by atoms with E-state index in [2.05, 4.69) is 0 Å². The molecule has 142 valence electrons. The average molecular weight is 364 g/mol. The molecule has 1 fully saturated rings. The molecule has 1 aliphatic rings. The molecule has 6 nitrogen and oxygen atoms in total. The van der Waals surface area contributed by atoms with E-state index in [1.54, 1.807) is 4.90 Å². The summed E-state index contributed by atoms with van der Waals surface area (Å²) in [6, 6.07) is 5.32. The zero-order valence-electron chi connectivity index (χ0n) is 15.2. The molecule has 2 rings (SSSR count). The fraction of sp³-hybridized carbons (Fsp3) is 0.526. The Balaban J connectivity index is 2.07. The Kier molecular flexibility index (Phi) is 6.71. The van der Waals surface area contributed by atoms with Gasteiger partial charge in [-0.3, -0.25) is 14.4 Å². The molecule has 1 unspecified atom stereocenters. The van der Waals surface area contributed by atoms with Gasteiger partial charge in [-0.05, 0) is 43.0 Å². The van der Waals surface area contributed by atoms with Crippen LogP contribution < -0.4 is 0 Å². The van der Waals surface area contributed by atoms with Gasteiger partial charge in [-0.15, -0.1) is 0 Å². The van der Waals surface area contributed by atoms with Crippen molar-refractivity contribution in [1.29, 1.82) is 0 Å². The zero-order chi connectivity index (χ0) is 19.3. The molecule has 1 aromatic rings. The second-order valence-electron chi connectivity index (χ2n) is 7.10. The number of likely N-dealkylation sites (tertiary alicyclic amines) is 1. The number of nitrogens with zero attached hydrogens (tertiary/aromatic N) is 2. The molecule has 1 saturated heterocycles. The highest BCUT2D eigenvalue weighted by molar-refractivity contribution is 5.94. The second kappa shape index (κ2) is 8.78. The predicted molar refractivity (Wildman–Crippen MR) is 94.1 cm³/mol. The Labute approximate surface area is 152 Å². The molecule has 0 saturated carbocycles. The molecule has 7 heteroatoms. The van der Waals surface area contributed by atoms with Gasteiger partial charge >= 0.3 is 5.97 Å². The van der Waals surface area contributed by atoms with Crippen molar-refractivity contribution in [3.8, 4) is 0 Å². The van der Waals surface area contributed by atoms with Gasteiger partial charge in [0.25, 0.3) is 5.91 Å². The van der Waals surface area contributed by atoms with Crippen molar-refractivity contribution >= 4 is 17.8 Å². The minimum absolute atomic E-state index is 0.152. The highest BCUT2D eigenvalue weighted by Crippen LogP contribution is 2.21. The van der Waals surface area contributed by atoms with E-state index >= 15 is 0 Å². The van der Waals surface area contributed by atoms with Gasteiger partial charge in [0, 0.05) is 25.2 Å². The van der Waals surface area contributed by atoms with Crippen molar-refractivity contribution in [2.45, 2.75) is 26.7 Å². The number of rotatable bonds is 6. The quantitative estimate of drug-likeness (QED) is 0.840. The van der Waals surface area contributed by atoms with E-state index in [9.17, 15) is 18.8 Å². The number of piperidine rings is 1. The number of benzene rings is 1. The molecule has 1 heterocycles. The molecule has 0 aromatic heterocycles. The van der Waals surface area contributed by atoms with E-state index in [1.807, 2.05) is 13.8 Å². The van der Waals surface area contributed by atoms with Gasteiger partial charge in [-0.25, -0.2) is 4.39 Å². The van der Waals surface area contributed by atoms with Gasteiger partial charge < -0.3 is 14.9 Å². The standard InChI is InChI=1S/C19H25FN2O4/c1-13(2)10-22(12-17(23)24)19(26)15-4-3-9-21(11-15)18(25)14-5-7-16(20)8-6-14/h5-8,13,15H,3-4,9-12H2,1-2H3,(H,23,24). The third-order valence-corrected chi connectivity index (χ3v) is 4.37. The second-order valence-corrected chi connectivity index (χ2v) is 7.10. The Hall–Kier alpha value is -2.44. The zero-order valence-corrected chi connectivity index (χ0v) is 15.2. The lowest BCUT2D eigenvalue weighted by molar-refractivity contribution is -0.147. The van der Waals surface area contributed by atoms with E-state index in [-0.39, 0.29) is 30.8 Å². The molecule has 1 atom stereocenters. The van der Waals surface area contributed by atoms with Crippen LogP contribution in [-0.2, 0) is 9.59 Å². The fourth-order valence-electron chi connectivity index (χ4n) is 3.23. The molecular formula is C19H25FN2O4. The first-order valence-corrected chi connectivity index (χ1v) is 8.83. The minimum Gasteiger partial charge on any atom is -0.480 e. The Morgan fingerprint density at radius 3 is 2.50 bits per heavy atom. The van der Waals surface area contributed by atoms with E-state index in [1.165, 1.54) is 29.2 Å². The number of carbonyl (C=O) groups excluding carboxylic acids is 2. The lowest BCUT2D eigenvalue weighted by atomic mass is 9.95. The van der Waals surface area contributed by atoms with Crippen LogP contribution in [-0.4, -0.2) is 58.9 Å². The Morgan fingerprint density at radius 2 is 1.92 bits per heavy atom. The predicted octanol–water partition coefficient (Wildman–Crippen LogP) is 2.25. The van der Waals surface area contributed by atoms with Crippen LogP contribution in [0.4, 0.5) is 4.39 Å². The number of halogens is 1. The highest BCUT2D eigenvalue weighted by atomic mass is 19.1.